The van der Waals surface area contributed by atoms with Crippen molar-refractivity contribution in [3.63, 3.8) is 0 Å². The minimum Gasteiger partial charge on any atom is -0.484 e. The number of carbonyl (C=O) groups is 1. The fourth-order valence-electron chi connectivity index (χ4n) is 2.53. The smallest absolute Gasteiger partial charge is 0.265 e. The van der Waals surface area contributed by atoms with Gasteiger partial charge in [0.15, 0.2) is 6.61 Å². The van der Waals surface area contributed by atoms with Gasteiger partial charge in [0, 0.05) is 17.8 Å². The summed E-state index contributed by atoms with van der Waals surface area (Å²) in [7, 11) is 0. The van der Waals surface area contributed by atoms with Crippen molar-refractivity contribution in [2.75, 3.05) is 11.5 Å². The van der Waals surface area contributed by atoms with Gasteiger partial charge >= 0.3 is 0 Å². The predicted molar refractivity (Wildman–Crippen MR) is 93.7 cm³/mol. The maximum absolute atomic E-state index is 12.6. The molecule has 7 heteroatoms. The fourth-order valence-corrected chi connectivity index (χ4v) is 2.53. The average molecular weight is 337 g/mol. The molecule has 1 amide bonds. The van der Waals surface area contributed by atoms with E-state index in [0.29, 0.717) is 5.75 Å². The first-order chi connectivity index (χ1) is 12.1. The number of ether oxygens (including phenoxy) is 1. The van der Waals surface area contributed by atoms with E-state index >= 15 is 0 Å². The lowest BCUT2D eigenvalue weighted by molar-refractivity contribution is -0.120. The van der Waals surface area contributed by atoms with Crippen LogP contribution in [-0.2, 0) is 4.79 Å². The zero-order valence-corrected chi connectivity index (χ0v) is 14.1. The molecule has 0 N–H and O–H groups in total. The molecule has 3 rings (SSSR count). The quantitative estimate of drug-likeness (QED) is 0.691. The molecule has 25 heavy (non-hydrogen) atoms. The maximum Gasteiger partial charge on any atom is 0.265 e. The second kappa shape index (κ2) is 7.57. The molecule has 1 heterocycles. The standard InChI is InChI=1S/C18H19N5O2/c1-14(2)23(15-7-4-3-5-8-15)18(24)12-25-17-10-6-9-16(11-17)22-13-19-20-21-22/h3-11,13-14H,12H2,1-2H3. The van der Waals surface area contributed by atoms with Crippen molar-refractivity contribution in [3.05, 3.63) is 60.9 Å². The zero-order chi connectivity index (χ0) is 17.6. The van der Waals surface area contributed by atoms with Gasteiger partial charge in [-0.25, -0.2) is 4.68 Å². The minimum atomic E-state index is -0.103. The Labute approximate surface area is 145 Å². The molecule has 0 radical (unpaired) electrons. The van der Waals surface area contributed by atoms with Gasteiger partial charge in [0.2, 0.25) is 0 Å². The molecule has 0 unspecified atom stereocenters. The van der Waals surface area contributed by atoms with E-state index in [4.69, 9.17) is 4.74 Å². The number of hydrogen-bond acceptors (Lipinski definition) is 5. The summed E-state index contributed by atoms with van der Waals surface area (Å²) in [5.74, 6) is 0.479. The van der Waals surface area contributed by atoms with Gasteiger partial charge in [0.1, 0.15) is 12.1 Å². The SMILES string of the molecule is CC(C)N(C(=O)COc1cccc(-n2cnnn2)c1)c1ccccc1. The van der Waals surface area contributed by atoms with E-state index in [2.05, 4.69) is 15.5 Å². The Morgan fingerprint density at radius 3 is 2.64 bits per heavy atom. The molecule has 0 aliphatic carbocycles. The van der Waals surface area contributed by atoms with E-state index < -0.39 is 0 Å². The Morgan fingerprint density at radius 2 is 1.96 bits per heavy atom. The largest absolute Gasteiger partial charge is 0.484 e. The monoisotopic (exact) mass is 337 g/mol. The first-order valence-corrected chi connectivity index (χ1v) is 7.98. The van der Waals surface area contributed by atoms with Gasteiger partial charge in [-0.3, -0.25) is 4.79 Å². The van der Waals surface area contributed by atoms with E-state index in [1.54, 1.807) is 17.0 Å². The second-order valence-corrected chi connectivity index (χ2v) is 5.73. The molecular formula is C18H19N5O2. The van der Waals surface area contributed by atoms with Crippen LogP contribution in [-0.4, -0.2) is 38.8 Å². The van der Waals surface area contributed by atoms with Gasteiger partial charge in [-0.2, -0.15) is 0 Å². The summed E-state index contributed by atoms with van der Waals surface area (Å²) in [6.45, 7) is 3.90. The number of hydrogen-bond donors (Lipinski definition) is 0. The first-order valence-electron chi connectivity index (χ1n) is 7.98. The van der Waals surface area contributed by atoms with Crippen LogP contribution in [0.5, 0.6) is 5.75 Å². The van der Waals surface area contributed by atoms with Crippen LogP contribution in [0.15, 0.2) is 60.9 Å². The number of tetrazole rings is 1. The number of anilines is 1. The van der Waals surface area contributed by atoms with E-state index in [1.165, 1.54) is 11.0 Å². The maximum atomic E-state index is 12.6. The number of benzene rings is 2. The van der Waals surface area contributed by atoms with E-state index in [1.807, 2.05) is 56.3 Å². The van der Waals surface area contributed by atoms with Crippen LogP contribution in [0.1, 0.15) is 13.8 Å². The molecule has 128 valence electrons. The normalized spacial score (nSPS) is 10.7. The van der Waals surface area contributed by atoms with Crippen LogP contribution >= 0.6 is 0 Å². The highest BCUT2D eigenvalue weighted by Crippen LogP contribution is 2.19. The van der Waals surface area contributed by atoms with E-state index in [-0.39, 0.29) is 18.6 Å². The summed E-state index contributed by atoms with van der Waals surface area (Å²) < 4.78 is 7.21. The molecule has 7 nitrogen and oxygen atoms in total. The molecule has 1 aromatic heterocycles. The number of amides is 1. The Kier molecular flexibility index (Phi) is 5.03. The topological polar surface area (TPSA) is 73.1 Å². The van der Waals surface area contributed by atoms with E-state index in [0.717, 1.165) is 11.4 Å². The van der Waals surface area contributed by atoms with E-state index in [9.17, 15) is 4.79 Å². The molecule has 0 spiro atoms. The molecule has 0 atom stereocenters. The molecule has 0 aliphatic rings. The lowest BCUT2D eigenvalue weighted by Gasteiger charge is -2.26. The molecule has 0 saturated heterocycles. The average Bonchev–Trinajstić information content (AvgIpc) is 3.16. The molecular weight excluding hydrogens is 318 g/mol. The summed E-state index contributed by atoms with van der Waals surface area (Å²) in [6, 6.07) is 16.9. The van der Waals surface area contributed by atoms with Crippen LogP contribution in [0.25, 0.3) is 5.69 Å². The van der Waals surface area contributed by atoms with Crippen LogP contribution in [0.4, 0.5) is 5.69 Å². The van der Waals surface area contributed by atoms with Gasteiger partial charge in [-0.15, -0.1) is 5.10 Å². The Balaban J connectivity index is 1.70. The van der Waals surface area contributed by atoms with Crippen molar-refractivity contribution in [2.24, 2.45) is 0 Å². The highest BCUT2D eigenvalue weighted by molar-refractivity contribution is 5.94. The highest BCUT2D eigenvalue weighted by Gasteiger charge is 2.19. The van der Waals surface area contributed by atoms with Crippen molar-refractivity contribution in [3.8, 4) is 11.4 Å². The molecule has 2 aromatic carbocycles. The number of nitrogens with zero attached hydrogens (tertiary/aromatic N) is 5. The van der Waals surface area contributed by atoms with Crippen molar-refractivity contribution in [1.29, 1.82) is 0 Å². The van der Waals surface area contributed by atoms with Crippen LogP contribution in [0.3, 0.4) is 0 Å². The third-order valence-electron chi connectivity index (χ3n) is 3.61. The summed E-state index contributed by atoms with van der Waals surface area (Å²) >= 11 is 0. The van der Waals surface area contributed by atoms with Gasteiger partial charge in [-0.1, -0.05) is 24.3 Å². The molecule has 0 aliphatic heterocycles. The summed E-state index contributed by atoms with van der Waals surface area (Å²) in [6.07, 6.45) is 1.50. The Bertz CT molecular complexity index is 819. The minimum absolute atomic E-state index is 0.0334. The lowest BCUT2D eigenvalue weighted by Crippen LogP contribution is -2.40. The van der Waals surface area contributed by atoms with Gasteiger partial charge in [0.05, 0.1) is 5.69 Å². The first kappa shape index (κ1) is 16.6. The van der Waals surface area contributed by atoms with Crippen LogP contribution in [0, 0.1) is 0 Å². The summed E-state index contributed by atoms with van der Waals surface area (Å²) in [4.78, 5) is 14.4. The number of rotatable bonds is 6. The Morgan fingerprint density at radius 1 is 1.16 bits per heavy atom. The van der Waals surface area contributed by atoms with Crippen molar-refractivity contribution in [1.82, 2.24) is 20.2 Å². The summed E-state index contributed by atoms with van der Waals surface area (Å²) in [5.41, 5.74) is 1.62. The molecule has 3 aromatic rings. The van der Waals surface area contributed by atoms with Crippen LogP contribution in [0.2, 0.25) is 0 Å². The van der Waals surface area contributed by atoms with Gasteiger partial charge in [0.25, 0.3) is 5.91 Å². The van der Waals surface area contributed by atoms with Crippen molar-refractivity contribution < 1.29 is 9.53 Å². The Hall–Kier alpha value is -3.22. The van der Waals surface area contributed by atoms with Crippen LogP contribution < -0.4 is 9.64 Å². The third-order valence-corrected chi connectivity index (χ3v) is 3.61. The fraction of sp³-hybridized carbons (Fsp3) is 0.222. The van der Waals surface area contributed by atoms with Gasteiger partial charge in [-0.05, 0) is 48.5 Å². The zero-order valence-electron chi connectivity index (χ0n) is 14.1. The molecule has 0 saturated carbocycles. The highest BCUT2D eigenvalue weighted by atomic mass is 16.5. The lowest BCUT2D eigenvalue weighted by atomic mass is 10.2. The predicted octanol–water partition coefficient (Wildman–Crippen LogP) is 2.48. The van der Waals surface area contributed by atoms with Crippen molar-refractivity contribution >= 4 is 11.6 Å². The second-order valence-electron chi connectivity index (χ2n) is 5.73. The van der Waals surface area contributed by atoms with Gasteiger partial charge < -0.3 is 9.64 Å². The third kappa shape index (κ3) is 4.00. The van der Waals surface area contributed by atoms with Crippen molar-refractivity contribution in [2.45, 2.75) is 19.9 Å². The molecule has 0 fully saturated rings. The number of para-hydroxylation sites is 1. The summed E-state index contributed by atoms with van der Waals surface area (Å²) in [5, 5.41) is 11.1. The number of carbonyl (C=O) groups excluding carboxylic acids is 1. The molecule has 0 bridgehead atoms. The number of aromatic nitrogens is 4.